The number of pyridine rings is 1. The predicted octanol–water partition coefficient (Wildman–Crippen LogP) is 1.77. The zero-order valence-corrected chi connectivity index (χ0v) is 10.7. The number of sulfonamides is 1. The zero-order valence-electron chi connectivity index (χ0n) is 9.91. The maximum atomic E-state index is 11.8. The lowest BCUT2D eigenvalue weighted by Crippen LogP contribution is -2.25. The first-order chi connectivity index (χ1) is 8.67. The number of hydrogen-bond acceptors (Lipinski definition) is 3. The van der Waals surface area contributed by atoms with Crippen LogP contribution >= 0.6 is 0 Å². The molecule has 0 aliphatic carbocycles. The van der Waals surface area contributed by atoms with Crippen molar-refractivity contribution in [2.24, 2.45) is 0 Å². The van der Waals surface area contributed by atoms with Crippen molar-refractivity contribution in [3.8, 4) is 0 Å². The van der Waals surface area contributed by atoms with Gasteiger partial charge < -0.3 is 0 Å². The van der Waals surface area contributed by atoms with E-state index >= 15 is 0 Å². The van der Waals surface area contributed by atoms with Gasteiger partial charge in [-0.05, 0) is 18.1 Å². The summed E-state index contributed by atoms with van der Waals surface area (Å²) >= 11 is 0. The molecular formula is C13H14N2O2S. The smallest absolute Gasteiger partial charge is 0.214 e. The third-order valence-corrected chi connectivity index (χ3v) is 5.17. The van der Waals surface area contributed by atoms with Crippen molar-refractivity contribution in [1.29, 1.82) is 0 Å². The summed E-state index contributed by atoms with van der Waals surface area (Å²) in [5.41, 5.74) is 1.86. The largest absolute Gasteiger partial charge is 0.256 e. The Kier molecular flexibility index (Phi) is 2.80. The Morgan fingerprint density at radius 1 is 1.22 bits per heavy atom. The summed E-state index contributed by atoms with van der Waals surface area (Å²) in [4.78, 5) is 4.35. The molecule has 0 radical (unpaired) electrons. The van der Waals surface area contributed by atoms with Crippen LogP contribution in [0.3, 0.4) is 0 Å². The standard InChI is InChI=1S/C13H14N2O2S/c16-18(17)9-3-8-15(18)10-12-5-1-4-11-6-2-7-14-13(11)12/h1-2,4-7H,3,8-10H2. The Hall–Kier alpha value is -1.46. The first-order valence-corrected chi connectivity index (χ1v) is 7.58. The fraction of sp³-hybridized carbons (Fsp3) is 0.308. The highest BCUT2D eigenvalue weighted by Gasteiger charge is 2.28. The molecular weight excluding hydrogens is 248 g/mol. The molecule has 0 amide bonds. The van der Waals surface area contributed by atoms with Gasteiger partial charge >= 0.3 is 0 Å². The van der Waals surface area contributed by atoms with Gasteiger partial charge in [-0.25, -0.2) is 8.42 Å². The van der Waals surface area contributed by atoms with Gasteiger partial charge in [-0.3, -0.25) is 4.98 Å². The average molecular weight is 262 g/mol. The van der Waals surface area contributed by atoms with Crippen LogP contribution in [0.1, 0.15) is 12.0 Å². The Morgan fingerprint density at radius 2 is 2.06 bits per heavy atom. The van der Waals surface area contributed by atoms with Crippen LogP contribution in [0.15, 0.2) is 36.5 Å². The molecule has 1 aromatic heterocycles. The molecule has 5 heteroatoms. The second kappa shape index (κ2) is 4.33. The first kappa shape index (κ1) is 11.6. The van der Waals surface area contributed by atoms with Crippen LogP contribution in [-0.4, -0.2) is 30.0 Å². The maximum Gasteiger partial charge on any atom is 0.214 e. The van der Waals surface area contributed by atoms with E-state index in [0.29, 0.717) is 13.1 Å². The molecule has 1 fully saturated rings. The summed E-state index contributed by atoms with van der Waals surface area (Å²) in [6, 6.07) is 9.76. The molecule has 2 aromatic rings. The molecule has 0 atom stereocenters. The van der Waals surface area contributed by atoms with E-state index in [-0.39, 0.29) is 5.75 Å². The van der Waals surface area contributed by atoms with E-state index in [9.17, 15) is 8.42 Å². The monoisotopic (exact) mass is 262 g/mol. The molecule has 2 heterocycles. The molecule has 1 aromatic carbocycles. The average Bonchev–Trinajstić information content (AvgIpc) is 2.69. The minimum absolute atomic E-state index is 0.269. The Labute approximate surface area is 106 Å². The maximum absolute atomic E-state index is 11.8. The number of rotatable bonds is 2. The molecule has 0 saturated carbocycles. The summed E-state index contributed by atoms with van der Waals surface area (Å²) in [6.45, 7) is 1.04. The van der Waals surface area contributed by atoms with Crippen LogP contribution in [0.2, 0.25) is 0 Å². The SMILES string of the molecule is O=S1(=O)CCCN1Cc1cccc2cccnc12. The highest BCUT2D eigenvalue weighted by molar-refractivity contribution is 7.89. The van der Waals surface area contributed by atoms with Crippen molar-refractivity contribution < 1.29 is 8.42 Å². The molecule has 1 aliphatic heterocycles. The molecule has 0 unspecified atom stereocenters. The predicted molar refractivity (Wildman–Crippen MR) is 70.6 cm³/mol. The van der Waals surface area contributed by atoms with E-state index in [4.69, 9.17) is 0 Å². The second-order valence-corrected chi connectivity index (χ2v) is 6.58. The highest BCUT2D eigenvalue weighted by atomic mass is 32.2. The summed E-state index contributed by atoms with van der Waals surface area (Å²) in [5, 5.41) is 1.05. The van der Waals surface area contributed by atoms with E-state index in [0.717, 1.165) is 22.9 Å². The lowest BCUT2D eigenvalue weighted by atomic mass is 10.1. The van der Waals surface area contributed by atoms with Crippen LogP contribution in [0.4, 0.5) is 0 Å². The summed E-state index contributed by atoms with van der Waals surface area (Å²) in [7, 11) is -3.05. The van der Waals surface area contributed by atoms with E-state index < -0.39 is 10.0 Å². The summed E-state index contributed by atoms with van der Waals surface area (Å²) in [5.74, 6) is 0.269. The number of benzene rings is 1. The van der Waals surface area contributed by atoms with Crippen molar-refractivity contribution in [2.45, 2.75) is 13.0 Å². The fourth-order valence-electron chi connectivity index (χ4n) is 2.35. The van der Waals surface area contributed by atoms with Gasteiger partial charge in [-0.1, -0.05) is 24.3 Å². The topological polar surface area (TPSA) is 50.3 Å². The number of aromatic nitrogens is 1. The fourth-order valence-corrected chi connectivity index (χ4v) is 3.85. The van der Waals surface area contributed by atoms with Crippen molar-refractivity contribution in [2.75, 3.05) is 12.3 Å². The molecule has 4 nitrogen and oxygen atoms in total. The van der Waals surface area contributed by atoms with Crippen LogP contribution in [0.5, 0.6) is 0 Å². The van der Waals surface area contributed by atoms with Gasteiger partial charge in [0.1, 0.15) is 0 Å². The molecule has 0 spiro atoms. The lowest BCUT2D eigenvalue weighted by Gasteiger charge is -2.15. The molecule has 1 aliphatic rings. The molecule has 3 rings (SSSR count). The van der Waals surface area contributed by atoms with Crippen molar-refractivity contribution in [3.63, 3.8) is 0 Å². The minimum Gasteiger partial charge on any atom is -0.256 e. The van der Waals surface area contributed by atoms with Gasteiger partial charge in [-0.15, -0.1) is 0 Å². The van der Waals surface area contributed by atoms with E-state index in [1.165, 1.54) is 0 Å². The normalized spacial score (nSPS) is 19.3. The van der Waals surface area contributed by atoms with E-state index in [2.05, 4.69) is 4.98 Å². The van der Waals surface area contributed by atoms with Gasteiger partial charge in [0, 0.05) is 24.7 Å². The van der Waals surface area contributed by atoms with Gasteiger partial charge in [0.2, 0.25) is 10.0 Å². The van der Waals surface area contributed by atoms with Crippen molar-refractivity contribution in [3.05, 3.63) is 42.1 Å². The Morgan fingerprint density at radius 3 is 2.83 bits per heavy atom. The number of fused-ring (bicyclic) bond motifs is 1. The Balaban J connectivity index is 2.01. The van der Waals surface area contributed by atoms with Crippen LogP contribution < -0.4 is 0 Å². The second-order valence-electron chi connectivity index (χ2n) is 4.50. The number of hydrogen-bond donors (Lipinski definition) is 0. The van der Waals surface area contributed by atoms with Crippen LogP contribution in [0, 0.1) is 0 Å². The Bertz CT molecular complexity index is 677. The zero-order chi connectivity index (χ0) is 12.6. The molecule has 0 N–H and O–H groups in total. The molecule has 18 heavy (non-hydrogen) atoms. The van der Waals surface area contributed by atoms with Crippen molar-refractivity contribution in [1.82, 2.24) is 9.29 Å². The quantitative estimate of drug-likeness (QED) is 0.828. The van der Waals surface area contributed by atoms with Gasteiger partial charge in [-0.2, -0.15) is 4.31 Å². The number of nitrogens with zero attached hydrogens (tertiary/aromatic N) is 2. The molecule has 94 valence electrons. The third kappa shape index (κ3) is 2.00. The van der Waals surface area contributed by atoms with E-state index in [1.807, 2.05) is 30.3 Å². The van der Waals surface area contributed by atoms with Gasteiger partial charge in [0.05, 0.1) is 11.3 Å². The lowest BCUT2D eigenvalue weighted by molar-refractivity contribution is 0.441. The van der Waals surface area contributed by atoms with Crippen molar-refractivity contribution >= 4 is 20.9 Å². The van der Waals surface area contributed by atoms with Gasteiger partial charge in [0.15, 0.2) is 0 Å². The number of para-hydroxylation sites is 1. The van der Waals surface area contributed by atoms with Crippen LogP contribution in [0.25, 0.3) is 10.9 Å². The molecule has 0 bridgehead atoms. The van der Waals surface area contributed by atoms with Crippen LogP contribution in [-0.2, 0) is 16.6 Å². The summed E-state index contributed by atoms with van der Waals surface area (Å²) in [6.07, 6.45) is 2.46. The van der Waals surface area contributed by atoms with Gasteiger partial charge in [0.25, 0.3) is 0 Å². The third-order valence-electron chi connectivity index (χ3n) is 3.27. The van der Waals surface area contributed by atoms with E-state index in [1.54, 1.807) is 10.5 Å². The first-order valence-electron chi connectivity index (χ1n) is 5.97. The molecule has 1 saturated heterocycles. The summed E-state index contributed by atoms with van der Waals surface area (Å²) < 4.78 is 25.2. The minimum atomic E-state index is -3.05. The highest BCUT2D eigenvalue weighted by Crippen LogP contribution is 2.21.